The highest BCUT2D eigenvalue weighted by atomic mass is 19.4. The van der Waals surface area contributed by atoms with Gasteiger partial charge in [0.15, 0.2) is 0 Å². The second-order valence-corrected chi connectivity index (χ2v) is 3.00. The van der Waals surface area contributed by atoms with Gasteiger partial charge in [-0.05, 0) is 24.8 Å². The van der Waals surface area contributed by atoms with Crippen molar-refractivity contribution in [2.75, 3.05) is 6.54 Å². The third-order valence-corrected chi connectivity index (χ3v) is 1.97. The Balaban J connectivity index is 2.38. The van der Waals surface area contributed by atoms with Gasteiger partial charge in [0, 0.05) is 0 Å². The Hall–Kier alpha value is -0.250. The minimum atomic E-state index is -4.03. The maximum absolute atomic E-state index is 11.7. The molecule has 60 valence electrons. The zero-order valence-corrected chi connectivity index (χ0v) is 5.54. The van der Waals surface area contributed by atoms with E-state index in [-0.39, 0.29) is 6.54 Å². The van der Waals surface area contributed by atoms with Gasteiger partial charge in [-0.15, -0.1) is 0 Å². The number of nitrogens with two attached hydrogens (primary N) is 1. The van der Waals surface area contributed by atoms with Crippen molar-refractivity contribution in [2.24, 2.45) is 11.1 Å². The topological polar surface area (TPSA) is 26.0 Å². The first-order valence-corrected chi connectivity index (χ1v) is 3.24. The molecule has 0 aliphatic heterocycles. The first-order chi connectivity index (χ1) is 4.47. The molecule has 1 fully saturated rings. The summed E-state index contributed by atoms with van der Waals surface area (Å²) in [7, 11) is 0. The fourth-order valence-corrected chi connectivity index (χ4v) is 1.06. The molecule has 1 aliphatic rings. The molecule has 0 aromatic rings. The lowest BCUT2D eigenvalue weighted by Crippen LogP contribution is -2.23. The smallest absolute Gasteiger partial charge is 0.330 e. The van der Waals surface area contributed by atoms with Crippen LogP contribution in [0.3, 0.4) is 0 Å². The summed E-state index contributed by atoms with van der Waals surface area (Å²) in [6.45, 7) is 0.173. The molecule has 0 bridgehead atoms. The molecule has 0 amide bonds. The standard InChI is InChI=1S/C6H10F3N/c7-6(8,9)3-5(4-10)1-2-5/h1-4,10H2. The van der Waals surface area contributed by atoms with Crippen LogP contribution in [0.1, 0.15) is 19.3 Å². The van der Waals surface area contributed by atoms with E-state index in [4.69, 9.17) is 5.73 Å². The van der Waals surface area contributed by atoms with E-state index < -0.39 is 18.0 Å². The summed E-state index contributed by atoms with van der Waals surface area (Å²) in [6, 6.07) is 0. The van der Waals surface area contributed by atoms with Gasteiger partial charge in [-0.3, -0.25) is 0 Å². The molecule has 0 aromatic carbocycles. The van der Waals surface area contributed by atoms with Crippen LogP contribution < -0.4 is 5.73 Å². The van der Waals surface area contributed by atoms with Gasteiger partial charge in [0.2, 0.25) is 0 Å². The van der Waals surface area contributed by atoms with Crippen LogP contribution in [0.25, 0.3) is 0 Å². The number of alkyl halides is 3. The normalized spacial score (nSPS) is 22.8. The second kappa shape index (κ2) is 2.12. The summed E-state index contributed by atoms with van der Waals surface area (Å²) in [5, 5.41) is 0. The quantitative estimate of drug-likeness (QED) is 0.641. The average Bonchev–Trinajstić information content (AvgIpc) is 2.45. The summed E-state index contributed by atoms with van der Waals surface area (Å²) >= 11 is 0. The van der Waals surface area contributed by atoms with Gasteiger partial charge in [-0.1, -0.05) is 0 Å². The van der Waals surface area contributed by atoms with Crippen LogP contribution in [0, 0.1) is 5.41 Å². The third kappa shape index (κ3) is 1.87. The molecule has 0 spiro atoms. The van der Waals surface area contributed by atoms with Gasteiger partial charge in [0.05, 0.1) is 6.42 Å². The monoisotopic (exact) mass is 153 g/mol. The van der Waals surface area contributed by atoms with Crippen LogP contribution in [0.4, 0.5) is 13.2 Å². The molecule has 1 saturated carbocycles. The van der Waals surface area contributed by atoms with Crippen molar-refractivity contribution in [3.05, 3.63) is 0 Å². The van der Waals surface area contributed by atoms with E-state index in [1.54, 1.807) is 0 Å². The molecule has 0 heterocycles. The molecule has 1 nitrogen and oxygen atoms in total. The van der Waals surface area contributed by atoms with E-state index in [9.17, 15) is 13.2 Å². The minimum Gasteiger partial charge on any atom is -0.330 e. The van der Waals surface area contributed by atoms with Gasteiger partial charge < -0.3 is 5.73 Å². The van der Waals surface area contributed by atoms with E-state index >= 15 is 0 Å². The Kier molecular flexibility index (Phi) is 1.66. The molecular weight excluding hydrogens is 143 g/mol. The zero-order chi connectivity index (χ0) is 7.83. The molecule has 0 aromatic heterocycles. The Morgan fingerprint density at radius 3 is 1.90 bits per heavy atom. The van der Waals surface area contributed by atoms with Gasteiger partial charge in [0.1, 0.15) is 0 Å². The summed E-state index contributed by atoms with van der Waals surface area (Å²) in [4.78, 5) is 0. The lowest BCUT2D eigenvalue weighted by atomic mass is 10.0. The van der Waals surface area contributed by atoms with Crippen LogP contribution in [0.15, 0.2) is 0 Å². The van der Waals surface area contributed by atoms with Crippen molar-refractivity contribution >= 4 is 0 Å². The number of hydrogen-bond acceptors (Lipinski definition) is 1. The highest BCUT2D eigenvalue weighted by molar-refractivity contribution is 4.95. The molecule has 0 atom stereocenters. The molecular formula is C6H10F3N. The van der Waals surface area contributed by atoms with E-state index in [0.717, 1.165) is 0 Å². The Morgan fingerprint density at radius 2 is 1.80 bits per heavy atom. The molecule has 0 unspecified atom stereocenters. The first kappa shape index (κ1) is 7.85. The predicted molar refractivity (Wildman–Crippen MR) is 31.4 cm³/mol. The molecule has 0 radical (unpaired) electrons. The highest BCUT2D eigenvalue weighted by Crippen LogP contribution is 2.51. The number of rotatable bonds is 2. The summed E-state index contributed by atoms with van der Waals surface area (Å²) in [6.07, 6.45) is -3.45. The lowest BCUT2D eigenvalue weighted by Gasteiger charge is -2.13. The van der Waals surface area contributed by atoms with Crippen LogP contribution in [0.5, 0.6) is 0 Å². The fraction of sp³-hybridized carbons (Fsp3) is 1.00. The molecule has 4 heteroatoms. The summed E-state index contributed by atoms with van der Waals surface area (Å²) in [5.74, 6) is 0. The van der Waals surface area contributed by atoms with Crippen LogP contribution in [-0.2, 0) is 0 Å². The zero-order valence-electron chi connectivity index (χ0n) is 5.54. The Labute approximate surface area is 57.4 Å². The maximum Gasteiger partial charge on any atom is 0.389 e. The SMILES string of the molecule is NCC1(CC(F)(F)F)CC1. The summed E-state index contributed by atoms with van der Waals surface area (Å²) in [5.41, 5.74) is 4.60. The van der Waals surface area contributed by atoms with E-state index in [0.29, 0.717) is 12.8 Å². The van der Waals surface area contributed by atoms with Crippen molar-refractivity contribution < 1.29 is 13.2 Å². The van der Waals surface area contributed by atoms with Crippen molar-refractivity contribution in [3.8, 4) is 0 Å². The minimum absolute atomic E-state index is 0.173. The van der Waals surface area contributed by atoms with E-state index in [2.05, 4.69) is 0 Å². The largest absolute Gasteiger partial charge is 0.389 e. The second-order valence-electron chi connectivity index (χ2n) is 3.00. The predicted octanol–water partition coefficient (Wildman–Crippen LogP) is 1.68. The third-order valence-electron chi connectivity index (χ3n) is 1.97. The van der Waals surface area contributed by atoms with Crippen molar-refractivity contribution in [1.29, 1.82) is 0 Å². The fourth-order valence-electron chi connectivity index (χ4n) is 1.06. The Morgan fingerprint density at radius 1 is 1.30 bits per heavy atom. The van der Waals surface area contributed by atoms with Crippen molar-refractivity contribution in [3.63, 3.8) is 0 Å². The van der Waals surface area contributed by atoms with Gasteiger partial charge in [0.25, 0.3) is 0 Å². The Bertz CT molecular complexity index is 125. The van der Waals surface area contributed by atoms with Crippen molar-refractivity contribution in [2.45, 2.75) is 25.4 Å². The lowest BCUT2D eigenvalue weighted by molar-refractivity contribution is -0.146. The van der Waals surface area contributed by atoms with Crippen LogP contribution in [-0.4, -0.2) is 12.7 Å². The van der Waals surface area contributed by atoms with Gasteiger partial charge in [-0.2, -0.15) is 13.2 Å². The number of hydrogen-bond donors (Lipinski definition) is 1. The highest BCUT2D eigenvalue weighted by Gasteiger charge is 2.49. The van der Waals surface area contributed by atoms with Gasteiger partial charge >= 0.3 is 6.18 Å². The molecule has 2 N–H and O–H groups in total. The van der Waals surface area contributed by atoms with E-state index in [1.165, 1.54) is 0 Å². The first-order valence-electron chi connectivity index (χ1n) is 3.24. The maximum atomic E-state index is 11.7. The number of halogens is 3. The molecule has 1 aliphatic carbocycles. The summed E-state index contributed by atoms with van der Waals surface area (Å²) < 4.78 is 35.2. The molecule has 10 heavy (non-hydrogen) atoms. The average molecular weight is 153 g/mol. The van der Waals surface area contributed by atoms with Crippen LogP contribution >= 0.6 is 0 Å². The van der Waals surface area contributed by atoms with E-state index in [1.807, 2.05) is 0 Å². The van der Waals surface area contributed by atoms with Crippen LogP contribution in [0.2, 0.25) is 0 Å². The van der Waals surface area contributed by atoms with Crippen molar-refractivity contribution in [1.82, 2.24) is 0 Å². The molecule has 1 rings (SSSR count). The van der Waals surface area contributed by atoms with Gasteiger partial charge in [-0.25, -0.2) is 0 Å². The molecule has 0 saturated heterocycles.